The van der Waals surface area contributed by atoms with Crippen LogP contribution in [0.4, 0.5) is 0 Å². The van der Waals surface area contributed by atoms with Gasteiger partial charge in [-0.15, -0.1) is 43.1 Å². The third kappa shape index (κ3) is 172. The van der Waals surface area contributed by atoms with Gasteiger partial charge in [0.05, 0.1) is 30.4 Å². The summed E-state index contributed by atoms with van der Waals surface area (Å²) in [4.78, 5) is 17.2. The molecule has 0 fully saturated rings. The van der Waals surface area contributed by atoms with Crippen molar-refractivity contribution in [1.29, 1.82) is 0 Å². The summed E-state index contributed by atoms with van der Waals surface area (Å²) in [5, 5.41) is 33.1. The summed E-state index contributed by atoms with van der Waals surface area (Å²) in [7, 11) is 0. The Morgan fingerprint density at radius 1 is 0.315 bits per heavy atom. The maximum absolute atomic E-state index is 4.87. The number of benzene rings is 2. The van der Waals surface area contributed by atoms with Crippen LogP contribution >= 0.6 is 57.1 Å². The Labute approximate surface area is 696 Å². The molecule has 0 atom stereocenters. The van der Waals surface area contributed by atoms with Gasteiger partial charge in [0, 0.05) is 47.4 Å². The van der Waals surface area contributed by atoms with Crippen LogP contribution in [0.3, 0.4) is 0 Å². The minimum Gasteiger partial charge on any atom is -0.473 e. The van der Waals surface area contributed by atoms with Gasteiger partial charge in [-0.05, 0) is 140 Å². The van der Waals surface area contributed by atoms with Crippen LogP contribution in [-0.2, 0) is 0 Å². The van der Waals surface area contributed by atoms with Crippen molar-refractivity contribution in [2.75, 3.05) is 0 Å². The van der Waals surface area contributed by atoms with E-state index in [4.69, 9.17) is 4.42 Å². The molecule has 11 heterocycles. The van der Waals surface area contributed by atoms with E-state index in [1.165, 1.54) is 78.2 Å². The lowest BCUT2D eigenvalue weighted by Gasteiger charge is -1.92. The normalized spacial score (nSPS) is 8.88. The number of rotatable bonds is 2. The highest BCUT2D eigenvalue weighted by atomic mass is 32.1. The van der Waals surface area contributed by atoms with E-state index in [0.717, 1.165) is 64.2 Å². The lowest BCUT2D eigenvalue weighted by atomic mass is 10.1. The Morgan fingerprint density at radius 2 is 0.802 bits per heavy atom. The van der Waals surface area contributed by atoms with Crippen LogP contribution in [0.1, 0.15) is 258 Å². The number of furan rings is 1. The van der Waals surface area contributed by atoms with Gasteiger partial charge in [0.1, 0.15) is 34.9 Å². The van der Waals surface area contributed by atoms with E-state index in [-0.39, 0.29) is 0 Å². The van der Waals surface area contributed by atoms with Crippen molar-refractivity contribution in [3.05, 3.63) is 240 Å². The summed E-state index contributed by atoms with van der Waals surface area (Å²) < 4.78 is 29.9. The average Bonchev–Trinajstić information content (AvgIpc) is 1.68. The van der Waals surface area contributed by atoms with Gasteiger partial charge in [-0.2, -0.15) is 15.7 Å². The molecule has 11 aromatic heterocycles. The van der Waals surface area contributed by atoms with Gasteiger partial charge in [0.25, 0.3) is 0 Å². The van der Waals surface area contributed by atoms with Crippen molar-refractivity contribution < 1.29 is 22.3 Å². The molecule has 630 valence electrons. The molecular formula is C88H153N13O5S5. The Kier molecular flexibility index (Phi) is 112. The number of oxazole rings is 1. The number of nitrogens with zero attached hydrogens (tertiary/aromatic N) is 12. The van der Waals surface area contributed by atoms with E-state index in [9.17, 15) is 0 Å². The van der Waals surface area contributed by atoms with Gasteiger partial charge in [-0.3, -0.25) is 4.98 Å². The van der Waals surface area contributed by atoms with Crippen LogP contribution in [0.25, 0.3) is 10.8 Å². The number of H-pyrrole nitrogens is 1. The molecule has 0 aliphatic heterocycles. The Hall–Kier alpha value is -7.96. The third-order valence-corrected chi connectivity index (χ3v) is 9.80. The molecule has 18 nitrogen and oxygen atoms in total. The smallest absolute Gasteiger partial charge is 0.218 e. The molecule has 0 aliphatic rings. The predicted octanol–water partition coefficient (Wildman–Crippen LogP) is 30.6. The van der Waals surface area contributed by atoms with Crippen molar-refractivity contribution >= 4 is 67.8 Å². The summed E-state index contributed by atoms with van der Waals surface area (Å²) in [5.74, 6) is 9.91. The number of thiophene rings is 1. The summed E-state index contributed by atoms with van der Waals surface area (Å²) >= 11 is 7.74. The van der Waals surface area contributed by atoms with Crippen LogP contribution in [0.15, 0.2) is 251 Å². The number of thiazole rings is 1. The highest BCUT2D eigenvalue weighted by Crippen LogP contribution is 2.14. The van der Waals surface area contributed by atoms with Crippen LogP contribution in [-0.4, -0.2) is 64.4 Å². The minimum absolute atomic E-state index is 0.345. The first-order chi connectivity index (χ1) is 52.4. The van der Waals surface area contributed by atoms with Gasteiger partial charge >= 0.3 is 0 Å². The predicted molar refractivity (Wildman–Crippen MR) is 487 cm³/mol. The van der Waals surface area contributed by atoms with E-state index in [1.54, 1.807) is 93.9 Å². The standard InChI is InChI=1S/C10H8.C5H8N2O.C5H8N2S.C4H5N.C4H4O.C4H4S.10C4H10.2C3H3NO.2C3H3NS.C2H2N2O.C2H2N2S/c1-2-6-10-8-4-3-7-9(10)5-1;2*1-4(2)5-7-6-3-8-5;3*1-2-4-5-3-1;10*1-4(2)3;1-2-5-3-4-1;1-2-4-5-3-1;1-2-5-3-4-1;1-2-4-5-3-1;2*1-3-2-5-4-1/h1-8H;2*3-4H,1-2H3;1-5H;2*1-4H;10*4H,1-3H3;4*1-3H;2*1-2H. The summed E-state index contributed by atoms with van der Waals surface area (Å²) in [6, 6.07) is 31.9. The zero-order chi connectivity index (χ0) is 86.4. The van der Waals surface area contributed by atoms with E-state index >= 15 is 0 Å². The molecule has 0 amide bonds. The maximum Gasteiger partial charge on any atom is 0.218 e. The quantitative estimate of drug-likeness (QED) is 0.169. The summed E-state index contributed by atoms with van der Waals surface area (Å²) in [6.45, 7) is 73.2. The van der Waals surface area contributed by atoms with Gasteiger partial charge in [0.15, 0.2) is 12.7 Å². The molecule has 0 unspecified atom stereocenters. The van der Waals surface area contributed by atoms with Gasteiger partial charge in [0.2, 0.25) is 18.7 Å². The van der Waals surface area contributed by atoms with E-state index < -0.39 is 0 Å². The molecule has 0 bridgehead atoms. The second kappa shape index (κ2) is 102. The topological polar surface area (TPSA) is 236 Å². The van der Waals surface area contributed by atoms with Crippen molar-refractivity contribution in [2.45, 2.75) is 247 Å². The Bertz CT molecular complexity index is 2490. The number of hydrogen-bond donors (Lipinski definition) is 1. The lowest BCUT2D eigenvalue weighted by Crippen LogP contribution is -1.85. The molecule has 0 saturated carbocycles. The van der Waals surface area contributed by atoms with Crippen LogP contribution in [0, 0.1) is 59.2 Å². The molecule has 111 heavy (non-hydrogen) atoms. The molecule has 23 heteroatoms. The fourth-order valence-electron chi connectivity index (χ4n) is 3.71. The summed E-state index contributed by atoms with van der Waals surface area (Å²) in [6.07, 6.45) is 23.6. The fraction of sp³-hybridized carbons (Fsp3) is 0.523. The summed E-state index contributed by atoms with van der Waals surface area (Å²) in [5.41, 5.74) is 5.23. The second-order valence-corrected chi connectivity index (χ2v) is 33.7. The molecule has 13 rings (SSSR count). The van der Waals surface area contributed by atoms with Crippen molar-refractivity contribution in [3.8, 4) is 0 Å². The first kappa shape index (κ1) is 121. The lowest BCUT2D eigenvalue weighted by molar-refractivity contribution is 0.416. The molecule has 0 saturated heterocycles. The number of hydrogen-bond acceptors (Lipinski definition) is 22. The first-order valence-electron chi connectivity index (χ1n) is 38.1. The Morgan fingerprint density at radius 3 is 0.946 bits per heavy atom. The van der Waals surface area contributed by atoms with Crippen LogP contribution in [0.2, 0.25) is 0 Å². The maximum atomic E-state index is 4.87. The third-order valence-electron chi connectivity index (χ3n) is 6.70. The minimum atomic E-state index is 0.345. The van der Waals surface area contributed by atoms with Crippen LogP contribution < -0.4 is 0 Å². The zero-order valence-corrected chi connectivity index (χ0v) is 78.9. The number of nitrogens with one attached hydrogen (secondary N) is 1. The average molecular weight is 1630 g/mol. The van der Waals surface area contributed by atoms with Gasteiger partial charge in [-0.25, -0.2) is 19.3 Å². The fourth-order valence-corrected chi connectivity index (χ4v) is 5.70. The van der Waals surface area contributed by atoms with Gasteiger partial charge in [-0.1, -0.05) is 306 Å². The first-order valence-corrected chi connectivity index (χ1v) is 42.5. The van der Waals surface area contributed by atoms with Gasteiger partial charge < -0.3 is 27.3 Å². The molecule has 13 aromatic rings. The molecule has 1 N–H and O–H groups in total. The zero-order valence-electron chi connectivity index (χ0n) is 74.8. The van der Waals surface area contributed by atoms with E-state index in [2.05, 4.69) is 352 Å². The van der Waals surface area contributed by atoms with E-state index in [0.29, 0.717) is 17.7 Å². The largest absolute Gasteiger partial charge is 0.473 e. The number of fused-ring (bicyclic) bond motifs is 1. The van der Waals surface area contributed by atoms with E-state index in [1.807, 2.05) is 90.2 Å². The molecule has 0 aliphatic carbocycles. The molecule has 2 aromatic carbocycles. The van der Waals surface area contributed by atoms with Crippen molar-refractivity contribution in [3.63, 3.8) is 0 Å². The van der Waals surface area contributed by atoms with Crippen LogP contribution in [0.5, 0.6) is 0 Å². The number of aromatic nitrogens is 13. The van der Waals surface area contributed by atoms with Crippen molar-refractivity contribution in [1.82, 2.24) is 64.4 Å². The molecular weight excluding hydrogens is 1480 g/mol. The SMILES string of the molecule is CC(C)C.CC(C)C.CC(C)C.CC(C)C.CC(C)C.CC(C)C.CC(C)C.CC(C)C.CC(C)C.CC(C)C.CC(C)c1nnco1.CC(C)c1nncs1.c1cc[nH]c1.c1ccc2ccccc2c1.c1ccoc1.c1ccsc1.c1cnoc1.c1cnsc1.c1cocn1.c1cscn1.c1ncon1.c1ncsn1. The molecule has 0 radical (unpaired) electrons. The highest BCUT2D eigenvalue weighted by Gasteiger charge is 2.02. The molecule has 0 spiro atoms. The Balaban J connectivity index is -0.000000141. The second-order valence-electron chi connectivity index (χ2n) is 29.9. The highest BCUT2D eigenvalue weighted by molar-refractivity contribution is 7.09. The van der Waals surface area contributed by atoms with Crippen molar-refractivity contribution in [2.24, 2.45) is 59.2 Å². The monoisotopic (exact) mass is 1630 g/mol. The number of aromatic amines is 1.